The summed E-state index contributed by atoms with van der Waals surface area (Å²) in [5, 5.41) is 0.792. The van der Waals surface area contributed by atoms with Crippen LogP contribution in [0.2, 0.25) is 0 Å². The Labute approximate surface area is 95.3 Å². The average Bonchev–Trinajstić information content (AvgIpc) is 2.48. The molecule has 1 heterocycles. The summed E-state index contributed by atoms with van der Waals surface area (Å²) in [6.07, 6.45) is 1.16. The van der Waals surface area contributed by atoms with Crippen LogP contribution < -0.4 is 0 Å². The fraction of sp³-hybridized carbons (Fsp3) is 0.700. The van der Waals surface area contributed by atoms with Gasteiger partial charge in [0.05, 0.1) is 5.69 Å². The smallest absolute Gasteiger partial charge is 0.256 e. The van der Waals surface area contributed by atoms with Crippen molar-refractivity contribution in [3.05, 3.63) is 11.5 Å². The summed E-state index contributed by atoms with van der Waals surface area (Å²) >= 11 is 5.99. The number of aromatic nitrogens is 1. The van der Waals surface area contributed by atoms with Crippen LogP contribution in [0.3, 0.4) is 0 Å². The van der Waals surface area contributed by atoms with Crippen LogP contribution in [-0.4, -0.2) is 16.5 Å². The van der Waals surface area contributed by atoms with E-state index >= 15 is 0 Å². The summed E-state index contributed by atoms with van der Waals surface area (Å²) in [7, 11) is 0. The lowest BCUT2D eigenvalue weighted by molar-refractivity contribution is 0.430. The van der Waals surface area contributed by atoms with E-state index in [4.69, 9.17) is 4.42 Å². The number of oxazole rings is 1. The molecule has 0 spiro atoms. The maximum atomic E-state index is 5.48. The van der Waals surface area contributed by atoms with E-state index in [1.807, 2.05) is 13.8 Å². The van der Waals surface area contributed by atoms with E-state index in [-0.39, 0.29) is 0 Å². The van der Waals surface area contributed by atoms with Gasteiger partial charge in [0, 0.05) is 5.75 Å². The molecule has 0 aliphatic heterocycles. The van der Waals surface area contributed by atoms with Crippen molar-refractivity contribution in [1.82, 2.24) is 4.98 Å². The second kappa shape index (κ2) is 5.71. The molecule has 0 radical (unpaired) electrons. The molecule has 1 atom stereocenters. The summed E-state index contributed by atoms with van der Waals surface area (Å²) in [6.45, 7) is 6.11. The number of thioether (sulfide) groups is 1. The number of nitrogens with zero attached hydrogens (tertiary/aromatic N) is 1. The fourth-order valence-corrected chi connectivity index (χ4v) is 2.67. The van der Waals surface area contributed by atoms with E-state index in [0.717, 1.165) is 34.6 Å². The van der Waals surface area contributed by atoms with Crippen molar-refractivity contribution in [2.24, 2.45) is 5.92 Å². The third kappa shape index (κ3) is 3.24. The highest BCUT2D eigenvalue weighted by atomic mass is 32.2. The third-order valence-corrected chi connectivity index (χ3v) is 3.86. The van der Waals surface area contributed by atoms with Gasteiger partial charge in [0.25, 0.3) is 5.22 Å². The van der Waals surface area contributed by atoms with E-state index in [9.17, 15) is 0 Å². The summed E-state index contributed by atoms with van der Waals surface area (Å²) in [4.78, 5) is 4.32. The number of hydrogen-bond acceptors (Lipinski definition) is 4. The van der Waals surface area contributed by atoms with Crippen molar-refractivity contribution in [3.8, 4) is 0 Å². The lowest BCUT2D eigenvalue weighted by atomic mass is 10.2. The van der Waals surface area contributed by atoms with Crippen LogP contribution in [0.1, 0.15) is 24.8 Å². The van der Waals surface area contributed by atoms with Gasteiger partial charge in [-0.1, -0.05) is 25.1 Å². The zero-order chi connectivity index (χ0) is 10.6. The number of aryl methyl sites for hydroxylation is 2. The van der Waals surface area contributed by atoms with Gasteiger partial charge in [-0.25, -0.2) is 4.98 Å². The predicted molar refractivity (Wildman–Crippen MR) is 64.3 cm³/mol. The molecular formula is C10H17NOS2. The molecule has 0 aromatic carbocycles. The van der Waals surface area contributed by atoms with Crippen LogP contribution in [0.5, 0.6) is 0 Å². The first kappa shape index (κ1) is 12.0. The molecule has 1 rings (SSSR count). The number of thiol groups is 1. The van der Waals surface area contributed by atoms with Gasteiger partial charge < -0.3 is 4.42 Å². The largest absolute Gasteiger partial charge is 0.437 e. The molecule has 80 valence electrons. The molecule has 4 heteroatoms. The van der Waals surface area contributed by atoms with Gasteiger partial charge in [0.15, 0.2) is 0 Å². The Morgan fingerprint density at radius 2 is 2.21 bits per heavy atom. The van der Waals surface area contributed by atoms with Crippen LogP contribution in [0, 0.1) is 19.8 Å². The first-order valence-corrected chi connectivity index (χ1v) is 6.46. The van der Waals surface area contributed by atoms with Crippen molar-refractivity contribution in [1.29, 1.82) is 0 Å². The monoisotopic (exact) mass is 231 g/mol. The highest BCUT2D eigenvalue weighted by Crippen LogP contribution is 2.23. The summed E-state index contributed by atoms with van der Waals surface area (Å²) < 4.78 is 5.48. The molecule has 0 bridgehead atoms. The molecule has 0 saturated carbocycles. The minimum Gasteiger partial charge on any atom is -0.437 e. The van der Waals surface area contributed by atoms with E-state index < -0.39 is 0 Å². The Morgan fingerprint density at radius 3 is 2.64 bits per heavy atom. The lowest BCUT2D eigenvalue weighted by Gasteiger charge is -2.08. The topological polar surface area (TPSA) is 26.0 Å². The van der Waals surface area contributed by atoms with Gasteiger partial charge in [-0.15, -0.1) is 0 Å². The lowest BCUT2D eigenvalue weighted by Crippen LogP contribution is -2.03. The van der Waals surface area contributed by atoms with Crippen LogP contribution in [0.15, 0.2) is 9.64 Å². The van der Waals surface area contributed by atoms with Crippen molar-refractivity contribution in [3.63, 3.8) is 0 Å². The standard InChI is InChI=1S/C10H17NOS2/c1-4-9(5-13)6-14-10-11-7(2)8(3)12-10/h9,13H,4-6H2,1-3H3. The van der Waals surface area contributed by atoms with Crippen molar-refractivity contribution < 1.29 is 4.42 Å². The zero-order valence-corrected chi connectivity index (χ0v) is 10.6. The maximum Gasteiger partial charge on any atom is 0.256 e. The Hall–Kier alpha value is -0.0900. The van der Waals surface area contributed by atoms with Crippen molar-refractivity contribution >= 4 is 24.4 Å². The van der Waals surface area contributed by atoms with Gasteiger partial charge in [-0.05, 0) is 25.5 Å². The molecule has 0 aliphatic carbocycles. The minimum absolute atomic E-state index is 0.649. The van der Waals surface area contributed by atoms with Gasteiger partial charge in [-0.2, -0.15) is 12.6 Å². The normalized spacial score (nSPS) is 13.1. The molecule has 1 aromatic heterocycles. The molecule has 0 N–H and O–H groups in total. The maximum absolute atomic E-state index is 5.48. The second-order valence-corrected chi connectivity index (χ2v) is 4.73. The van der Waals surface area contributed by atoms with Gasteiger partial charge in [0.2, 0.25) is 0 Å². The molecule has 2 nitrogen and oxygen atoms in total. The Bertz CT molecular complexity index is 262. The van der Waals surface area contributed by atoms with E-state index in [1.54, 1.807) is 11.8 Å². The molecule has 0 saturated heterocycles. The van der Waals surface area contributed by atoms with Crippen LogP contribution >= 0.6 is 24.4 Å². The second-order valence-electron chi connectivity index (χ2n) is 3.39. The first-order chi connectivity index (χ1) is 6.67. The van der Waals surface area contributed by atoms with Crippen LogP contribution in [-0.2, 0) is 0 Å². The predicted octanol–water partition coefficient (Wildman–Crippen LogP) is 3.34. The summed E-state index contributed by atoms with van der Waals surface area (Å²) in [5.74, 6) is 3.55. The summed E-state index contributed by atoms with van der Waals surface area (Å²) in [5.41, 5.74) is 0.992. The van der Waals surface area contributed by atoms with E-state index in [0.29, 0.717) is 5.92 Å². The Balaban J connectivity index is 2.45. The SMILES string of the molecule is CCC(CS)CSc1nc(C)c(C)o1. The Morgan fingerprint density at radius 1 is 1.50 bits per heavy atom. The highest BCUT2D eigenvalue weighted by molar-refractivity contribution is 7.99. The molecule has 1 unspecified atom stereocenters. The molecule has 14 heavy (non-hydrogen) atoms. The minimum atomic E-state index is 0.649. The van der Waals surface area contributed by atoms with Crippen LogP contribution in [0.4, 0.5) is 0 Å². The zero-order valence-electron chi connectivity index (χ0n) is 8.91. The van der Waals surface area contributed by atoms with Gasteiger partial charge in [-0.3, -0.25) is 0 Å². The van der Waals surface area contributed by atoms with E-state index in [1.165, 1.54) is 0 Å². The fourth-order valence-electron chi connectivity index (χ4n) is 0.994. The van der Waals surface area contributed by atoms with Crippen LogP contribution in [0.25, 0.3) is 0 Å². The quantitative estimate of drug-likeness (QED) is 0.622. The van der Waals surface area contributed by atoms with Gasteiger partial charge in [0.1, 0.15) is 5.76 Å². The van der Waals surface area contributed by atoms with Gasteiger partial charge >= 0.3 is 0 Å². The summed E-state index contributed by atoms with van der Waals surface area (Å²) in [6, 6.07) is 0. The first-order valence-electron chi connectivity index (χ1n) is 4.85. The molecule has 0 amide bonds. The van der Waals surface area contributed by atoms with Crippen molar-refractivity contribution in [2.45, 2.75) is 32.4 Å². The highest BCUT2D eigenvalue weighted by Gasteiger charge is 2.09. The third-order valence-electron chi connectivity index (χ3n) is 2.29. The molecule has 0 fully saturated rings. The Kier molecular flexibility index (Phi) is 4.89. The average molecular weight is 231 g/mol. The molecular weight excluding hydrogens is 214 g/mol. The number of hydrogen-bond donors (Lipinski definition) is 1. The molecule has 1 aromatic rings. The number of rotatable bonds is 5. The molecule has 0 aliphatic rings. The van der Waals surface area contributed by atoms with Crippen molar-refractivity contribution in [2.75, 3.05) is 11.5 Å². The van der Waals surface area contributed by atoms with E-state index in [2.05, 4.69) is 24.5 Å².